The van der Waals surface area contributed by atoms with Crippen molar-refractivity contribution in [3.63, 3.8) is 0 Å². The maximum absolute atomic E-state index is 12.6. The second-order valence-electron chi connectivity index (χ2n) is 14.5. The Labute approximate surface area is 257 Å². The molecule has 4 aliphatic carbocycles. The van der Waals surface area contributed by atoms with E-state index >= 15 is 0 Å². The van der Waals surface area contributed by atoms with Gasteiger partial charge >= 0.3 is 0 Å². The molecule has 0 heterocycles. The van der Waals surface area contributed by atoms with Crippen molar-refractivity contribution in [2.45, 2.75) is 123 Å². The van der Waals surface area contributed by atoms with Crippen LogP contribution in [0.5, 0.6) is 0 Å². The van der Waals surface area contributed by atoms with Gasteiger partial charge in [0.2, 0.25) is 11.8 Å². The molecule has 4 rings (SSSR count). The number of carbonyl (C=O) groups is 2. The van der Waals surface area contributed by atoms with E-state index in [-0.39, 0.29) is 47.8 Å². The number of terminal acetylenes is 1. The van der Waals surface area contributed by atoms with E-state index in [4.69, 9.17) is 12.0 Å². The normalized spacial score (nSPS) is 38.0. The quantitative estimate of drug-likeness (QED) is 0.0441. The molecule has 0 saturated heterocycles. The van der Waals surface area contributed by atoms with E-state index in [2.05, 4.69) is 47.4 Å². The fourth-order valence-corrected chi connectivity index (χ4v) is 10.0. The van der Waals surface area contributed by atoms with Crippen molar-refractivity contribution in [3.8, 4) is 12.3 Å². The number of azide groups is 1. The number of aliphatic hydroxyl groups is 2. The lowest BCUT2D eigenvalue weighted by Gasteiger charge is -2.62. The predicted molar refractivity (Wildman–Crippen MR) is 167 cm³/mol. The van der Waals surface area contributed by atoms with E-state index < -0.39 is 6.17 Å². The topological polar surface area (TPSA) is 147 Å². The third-order valence-electron chi connectivity index (χ3n) is 12.2. The number of hydrogen-bond donors (Lipinski definition) is 4. The Morgan fingerprint density at radius 2 is 1.86 bits per heavy atom. The second kappa shape index (κ2) is 14.5. The van der Waals surface area contributed by atoms with Crippen molar-refractivity contribution in [2.24, 2.45) is 51.5 Å². The predicted octanol–water partition coefficient (Wildman–Crippen LogP) is 5.62. The van der Waals surface area contributed by atoms with Crippen LogP contribution in [0.15, 0.2) is 17.3 Å². The van der Waals surface area contributed by atoms with Crippen LogP contribution in [0.25, 0.3) is 10.4 Å². The van der Waals surface area contributed by atoms with Gasteiger partial charge in [-0.2, -0.15) is 0 Å². The van der Waals surface area contributed by atoms with E-state index in [9.17, 15) is 19.8 Å². The van der Waals surface area contributed by atoms with Gasteiger partial charge in [-0.05, 0) is 129 Å². The molecule has 4 saturated carbocycles. The number of nitrogens with zero attached hydrogens (tertiary/aromatic N) is 3. The number of unbranched alkanes of at least 4 members (excludes halogenated alkanes) is 1. The zero-order valence-corrected chi connectivity index (χ0v) is 26.4. The van der Waals surface area contributed by atoms with Gasteiger partial charge in [-0.15, -0.1) is 12.3 Å². The number of fused-ring (bicyclic) bond motifs is 5. The molecule has 4 fully saturated rings. The molecule has 0 aliphatic heterocycles. The zero-order valence-electron chi connectivity index (χ0n) is 26.4. The van der Waals surface area contributed by atoms with Crippen LogP contribution in [0.4, 0.5) is 0 Å². The third-order valence-corrected chi connectivity index (χ3v) is 12.2. The monoisotopic (exact) mass is 595 g/mol. The van der Waals surface area contributed by atoms with E-state index in [1.165, 1.54) is 31.8 Å². The van der Waals surface area contributed by atoms with E-state index in [1.807, 2.05) is 6.08 Å². The standard InChI is InChI=1S/C34H53N5O4/c1-5-6-7-11-30(42)37-29(21-36-39-35)38-31(43)12-9-8-10-22(2)25-13-14-26-32-27(16-18-34(25,26)4)33(3)17-15-24(40)19-23(33)20-28(32)41/h1,9,12,22-29,32,40-41H,6-8,10-11,13-21H2,2-4H3,(H,37,42)(H,38,43). The maximum atomic E-state index is 12.6. The molecule has 0 aromatic carbocycles. The van der Waals surface area contributed by atoms with Crippen molar-refractivity contribution in [1.82, 2.24) is 10.6 Å². The van der Waals surface area contributed by atoms with E-state index in [0.29, 0.717) is 48.3 Å². The first-order valence-electron chi connectivity index (χ1n) is 16.6. The van der Waals surface area contributed by atoms with Crippen molar-refractivity contribution in [3.05, 3.63) is 22.6 Å². The second-order valence-corrected chi connectivity index (χ2v) is 14.5. The number of amides is 2. The Hall–Kier alpha value is -2.53. The van der Waals surface area contributed by atoms with Crippen LogP contribution in [0.3, 0.4) is 0 Å². The molecule has 4 N–H and O–H groups in total. The van der Waals surface area contributed by atoms with Crippen LogP contribution in [0.1, 0.15) is 104 Å². The van der Waals surface area contributed by atoms with Crippen LogP contribution < -0.4 is 10.6 Å². The van der Waals surface area contributed by atoms with Crippen molar-refractivity contribution in [2.75, 3.05) is 6.54 Å². The molecule has 0 aromatic heterocycles. The van der Waals surface area contributed by atoms with Gasteiger partial charge in [0.1, 0.15) is 6.17 Å². The van der Waals surface area contributed by atoms with Crippen LogP contribution in [-0.4, -0.2) is 46.9 Å². The summed E-state index contributed by atoms with van der Waals surface area (Å²) in [5.74, 6) is 4.91. The number of nitrogens with one attached hydrogen (secondary N) is 2. The minimum atomic E-state index is -0.776. The fourth-order valence-electron chi connectivity index (χ4n) is 10.0. The molecule has 9 nitrogen and oxygen atoms in total. The first kappa shape index (κ1) is 33.4. The Balaban J connectivity index is 1.29. The molecule has 11 atom stereocenters. The largest absolute Gasteiger partial charge is 0.393 e. The minimum Gasteiger partial charge on any atom is -0.393 e. The van der Waals surface area contributed by atoms with E-state index in [1.54, 1.807) is 0 Å². The molecule has 0 bridgehead atoms. The van der Waals surface area contributed by atoms with Gasteiger partial charge in [-0.1, -0.05) is 32.0 Å². The summed E-state index contributed by atoms with van der Waals surface area (Å²) < 4.78 is 0. The smallest absolute Gasteiger partial charge is 0.245 e. The number of hydrogen-bond acceptors (Lipinski definition) is 5. The molecule has 9 heteroatoms. The van der Waals surface area contributed by atoms with Crippen LogP contribution in [0, 0.1) is 58.7 Å². The van der Waals surface area contributed by atoms with Gasteiger partial charge in [0.15, 0.2) is 0 Å². The van der Waals surface area contributed by atoms with E-state index in [0.717, 1.165) is 38.5 Å². The minimum absolute atomic E-state index is 0.0757. The maximum Gasteiger partial charge on any atom is 0.245 e. The summed E-state index contributed by atoms with van der Waals surface area (Å²) >= 11 is 0. The van der Waals surface area contributed by atoms with Gasteiger partial charge in [0.05, 0.1) is 18.8 Å². The summed E-state index contributed by atoms with van der Waals surface area (Å²) in [4.78, 5) is 27.4. The molecule has 0 aromatic rings. The molecule has 238 valence electrons. The summed E-state index contributed by atoms with van der Waals surface area (Å²) in [5.41, 5.74) is 9.14. The van der Waals surface area contributed by atoms with Crippen LogP contribution in [-0.2, 0) is 9.59 Å². The van der Waals surface area contributed by atoms with Gasteiger partial charge in [-0.3, -0.25) is 9.59 Å². The van der Waals surface area contributed by atoms with Gasteiger partial charge < -0.3 is 20.8 Å². The molecular weight excluding hydrogens is 542 g/mol. The summed E-state index contributed by atoms with van der Waals surface area (Å²) in [6.45, 7) is 7.22. The molecular formula is C34H53N5O4. The lowest BCUT2D eigenvalue weighted by molar-refractivity contribution is -0.174. The zero-order chi connectivity index (χ0) is 31.2. The number of rotatable bonds is 12. The Bertz CT molecular complexity index is 1110. The average Bonchev–Trinajstić information content (AvgIpc) is 3.32. The van der Waals surface area contributed by atoms with Crippen molar-refractivity contribution in [1.29, 1.82) is 0 Å². The molecule has 11 unspecified atom stereocenters. The highest BCUT2D eigenvalue weighted by Gasteiger charge is 2.62. The molecule has 0 spiro atoms. The lowest BCUT2D eigenvalue weighted by Crippen LogP contribution is -2.58. The fraction of sp³-hybridized carbons (Fsp3) is 0.824. The van der Waals surface area contributed by atoms with Crippen LogP contribution in [0.2, 0.25) is 0 Å². The average molecular weight is 596 g/mol. The van der Waals surface area contributed by atoms with Crippen molar-refractivity contribution < 1.29 is 19.8 Å². The Kier molecular flexibility index (Phi) is 11.3. The van der Waals surface area contributed by atoms with Gasteiger partial charge in [-0.25, -0.2) is 0 Å². The lowest BCUT2D eigenvalue weighted by atomic mass is 9.43. The van der Waals surface area contributed by atoms with Gasteiger partial charge in [0.25, 0.3) is 0 Å². The van der Waals surface area contributed by atoms with Crippen LogP contribution >= 0.6 is 0 Å². The highest BCUT2D eigenvalue weighted by Crippen LogP contribution is 2.68. The highest BCUT2D eigenvalue weighted by molar-refractivity contribution is 5.88. The van der Waals surface area contributed by atoms with Crippen molar-refractivity contribution >= 4 is 11.8 Å². The summed E-state index contributed by atoms with van der Waals surface area (Å²) in [5, 5.41) is 30.7. The molecule has 2 amide bonds. The molecule has 43 heavy (non-hydrogen) atoms. The number of aliphatic hydroxyl groups excluding tert-OH is 2. The Morgan fingerprint density at radius 3 is 2.60 bits per heavy atom. The third kappa shape index (κ3) is 7.41. The first-order valence-corrected chi connectivity index (χ1v) is 16.6. The number of carbonyl (C=O) groups excluding carboxylic acids is 2. The highest BCUT2D eigenvalue weighted by atomic mass is 16.3. The SMILES string of the molecule is C#CCCCC(=O)NC(CN=[N+]=[N-])NC(=O)C=CCCC(C)C1CCC2C3C(O)CC4CC(O)CCC4(C)C3CCC12C. The summed E-state index contributed by atoms with van der Waals surface area (Å²) in [6.07, 6.45) is 18.9. The van der Waals surface area contributed by atoms with Gasteiger partial charge in [0, 0.05) is 17.8 Å². The molecule has 4 aliphatic rings. The summed E-state index contributed by atoms with van der Waals surface area (Å²) in [6, 6.07) is 0. The first-order chi connectivity index (χ1) is 20.5. The Morgan fingerprint density at radius 1 is 1.12 bits per heavy atom. The number of allylic oxidation sites excluding steroid dienone is 1. The molecule has 0 radical (unpaired) electrons. The summed E-state index contributed by atoms with van der Waals surface area (Å²) in [7, 11) is 0.